The summed E-state index contributed by atoms with van der Waals surface area (Å²) in [6, 6.07) is 44.5. The predicted octanol–water partition coefficient (Wildman–Crippen LogP) is 12.7. The van der Waals surface area contributed by atoms with Gasteiger partial charge in [-0.15, -0.1) is 53.6 Å². The van der Waals surface area contributed by atoms with E-state index in [4.69, 9.17) is 14.4 Å². The van der Waals surface area contributed by atoms with E-state index >= 15 is 0 Å². The van der Waals surface area contributed by atoms with Gasteiger partial charge in [0, 0.05) is 37.4 Å². The molecular formula is C49H51IrN3OSi-2. The largest absolute Gasteiger partial charge is 0.501 e. The Labute approximate surface area is 341 Å². The number of hydrogen-bond donors (Lipinski definition) is 0. The minimum absolute atomic E-state index is 0. The summed E-state index contributed by atoms with van der Waals surface area (Å²) in [5.74, 6) is 0.833. The number of rotatable bonds is 5. The number of hydrogen-bond acceptors (Lipinski definition) is 3. The third-order valence-corrected chi connectivity index (χ3v) is 11.9. The number of imidazole rings is 1. The van der Waals surface area contributed by atoms with Gasteiger partial charge in [-0.05, 0) is 64.0 Å². The van der Waals surface area contributed by atoms with E-state index in [2.05, 4.69) is 164 Å². The zero-order chi connectivity index (χ0) is 38.4. The Morgan fingerprint density at radius 1 is 0.782 bits per heavy atom. The van der Waals surface area contributed by atoms with Crippen molar-refractivity contribution in [3.05, 3.63) is 144 Å². The Hall–Kier alpha value is -4.61. The van der Waals surface area contributed by atoms with Gasteiger partial charge < -0.3 is 14.0 Å². The standard InChI is InChI=1S/C29H23N2O.C20H28NSi.Ir/c1-29(2,3)19-15-17-20(18-16-19)31-25-13-6-5-12-24(25)30-28(31)23-11-8-10-22-21-9-4-7-14-26(21)32-27(22)23;1-15-8-10-16(11-9-15)18-12-17(13-20(2,3)4)19(14-21-18)22(5,6)7;/h4-10,12-18H,1-3H3;8-10,12,14H,13H2,1-7H3;/q2*-1;. The summed E-state index contributed by atoms with van der Waals surface area (Å²) in [5, 5.41) is 3.67. The average Bonchev–Trinajstić information content (AvgIpc) is 3.70. The summed E-state index contributed by atoms with van der Waals surface area (Å²) in [6.45, 7) is 22.9. The van der Waals surface area contributed by atoms with Crippen LogP contribution >= 0.6 is 0 Å². The van der Waals surface area contributed by atoms with Crippen molar-refractivity contribution in [3.63, 3.8) is 0 Å². The fraction of sp³-hybridized carbons (Fsp3) is 0.265. The molecule has 0 aliphatic rings. The number of aryl methyl sites for hydroxylation is 1. The Morgan fingerprint density at radius 2 is 1.49 bits per heavy atom. The van der Waals surface area contributed by atoms with E-state index in [0.29, 0.717) is 0 Å². The van der Waals surface area contributed by atoms with E-state index in [1.807, 2.05) is 36.4 Å². The zero-order valence-corrected chi connectivity index (χ0v) is 37.2. The maximum Gasteiger partial charge on any atom is 0.120 e. The molecule has 0 spiro atoms. The van der Waals surface area contributed by atoms with Crippen LogP contribution in [0.4, 0.5) is 0 Å². The normalized spacial score (nSPS) is 12.1. The Morgan fingerprint density at radius 3 is 2.16 bits per heavy atom. The van der Waals surface area contributed by atoms with Crippen molar-refractivity contribution in [1.29, 1.82) is 0 Å². The van der Waals surface area contributed by atoms with E-state index in [1.165, 1.54) is 21.9 Å². The number of furan rings is 1. The van der Waals surface area contributed by atoms with Gasteiger partial charge in [0.25, 0.3) is 0 Å². The molecule has 283 valence electrons. The zero-order valence-electron chi connectivity index (χ0n) is 33.8. The second-order valence-electron chi connectivity index (χ2n) is 17.7. The summed E-state index contributed by atoms with van der Waals surface area (Å²) < 4.78 is 8.51. The van der Waals surface area contributed by atoms with E-state index < -0.39 is 8.07 Å². The van der Waals surface area contributed by atoms with Gasteiger partial charge in [-0.1, -0.05) is 133 Å². The molecule has 6 heteroatoms. The summed E-state index contributed by atoms with van der Waals surface area (Å²) >= 11 is 0. The molecule has 55 heavy (non-hydrogen) atoms. The molecule has 8 rings (SSSR count). The Balaban J connectivity index is 0.000000198. The quantitative estimate of drug-likeness (QED) is 0.128. The van der Waals surface area contributed by atoms with Crippen LogP contribution in [0.3, 0.4) is 0 Å². The van der Waals surface area contributed by atoms with E-state index in [1.54, 1.807) is 0 Å². The number of para-hydroxylation sites is 3. The first-order valence-electron chi connectivity index (χ1n) is 19.0. The van der Waals surface area contributed by atoms with Crippen LogP contribution < -0.4 is 5.19 Å². The van der Waals surface area contributed by atoms with Gasteiger partial charge in [0.2, 0.25) is 0 Å². The van der Waals surface area contributed by atoms with Crippen LogP contribution in [0.5, 0.6) is 0 Å². The van der Waals surface area contributed by atoms with Gasteiger partial charge in [-0.2, -0.15) is 0 Å². The number of fused-ring (bicyclic) bond motifs is 4. The number of nitrogens with zero attached hydrogens (tertiary/aromatic N) is 3. The first-order chi connectivity index (χ1) is 25.6. The molecule has 0 saturated carbocycles. The Kier molecular flexibility index (Phi) is 11.3. The molecule has 0 aliphatic heterocycles. The fourth-order valence-corrected chi connectivity index (χ4v) is 8.70. The van der Waals surface area contributed by atoms with Crippen LogP contribution in [-0.2, 0) is 31.9 Å². The molecule has 0 fully saturated rings. The van der Waals surface area contributed by atoms with Crippen LogP contribution in [0.2, 0.25) is 19.6 Å². The monoisotopic (exact) mass is 918 g/mol. The molecule has 1 radical (unpaired) electrons. The number of aromatic nitrogens is 3. The summed E-state index contributed by atoms with van der Waals surface area (Å²) in [7, 11) is -1.38. The molecule has 3 aromatic heterocycles. The smallest absolute Gasteiger partial charge is 0.120 e. The molecule has 0 unspecified atom stereocenters. The van der Waals surface area contributed by atoms with Crippen LogP contribution in [0.1, 0.15) is 58.2 Å². The van der Waals surface area contributed by atoms with Gasteiger partial charge in [-0.3, -0.25) is 4.98 Å². The fourth-order valence-electron chi connectivity index (χ4n) is 7.12. The first-order valence-corrected chi connectivity index (χ1v) is 22.5. The van der Waals surface area contributed by atoms with Gasteiger partial charge in [-0.25, -0.2) is 0 Å². The topological polar surface area (TPSA) is 43.9 Å². The van der Waals surface area contributed by atoms with Crippen molar-refractivity contribution < 1.29 is 24.5 Å². The number of benzene rings is 5. The summed E-state index contributed by atoms with van der Waals surface area (Å²) in [4.78, 5) is 9.76. The molecule has 0 N–H and O–H groups in total. The van der Waals surface area contributed by atoms with Crippen molar-refractivity contribution >= 4 is 46.2 Å². The molecular weight excluding hydrogens is 867 g/mol. The van der Waals surface area contributed by atoms with E-state index in [9.17, 15) is 0 Å². The molecule has 8 aromatic rings. The summed E-state index contributed by atoms with van der Waals surface area (Å²) in [6.07, 6.45) is 3.21. The Bertz CT molecular complexity index is 2580. The first kappa shape index (κ1) is 40.1. The predicted molar refractivity (Wildman–Crippen MR) is 231 cm³/mol. The summed E-state index contributed by atoms with van der Waals surface area (Å²) in [5.41, 5.74) is 12.2. The maximum atomic E-state index is 6.30. The van der Waals surface area contributed by atoms with Crippen LogP contribution in [0.15, 0.2) is 120 Å². The molecule has 4 nitrogen and oxygen atoms in total. The maximum absolute atomic E-state index is 6.30. The van der Waals surface area contributed by atoms with Crippen molar-refractivity contribution in [2.75, 3.05) is 0 Å². The van der Waals surface area contributed by atoms with Gasteiger partial charge >= 0.3 is 0 Å². The minimum atomic E-state index is -1.38. The van der Waals surface area contributed by atoms with Gasteiger partial charge in [0.1, 0.15) is 5.58 Å². The molecule has 0 atom stereocenters. The van der Waals surface area contributed by atoms with Gasteiger partial charge in [0.15, 0.2) is 0 Å². The molecule has 0 aliphatic carbocycles. The second-order valence-corrected chi connectivity index (χ2v) is 22.8. The van der Waals surface area contributed by atoms with Crippen molar-refractivity contribution in [1.82, 2.24) is 14.5 Å². The average molecular weight is 918 g/mol. The van der Waals surface area contributed by atoms with E-state index in [-0.39, 0.29) is 30.9 Å². The third kappa shape index (κ3) is 8.63. The SMILES string of the molecule is CC(C)(C)c1ccc(-n2c(-c3[c-]ccc4c3oc3ccccc34)nc3ccccc32)cc1.Cc1c[c-]c(-c2cc(CC(C)(C)C)c([Si](C)(C)C)cn2)cc1.[Ir]. The molecule has 5 aromatic carbocycles. The van der Waals surface area contributed by atoms with Crippen LogP contribution in [0.25, 0.3) is 61.3 Å². The minimum Gasteiger partial charge on any atom is -0.501 e. The van der Waals surface area contributed by atoms with Crippen molar-refractivity contribution in [2.45, 2.75) is 79.9 Å². The second kappa shape index (κ2) is 15.5. The van der Waals surface area contributed by atoms with Gasteiger partial charge in [0.05, 0.1) is 30.5 Å². The number of pyridine rings is 1. The molecule has 0 amide bonds. The van der Waals surface area contributed by atoms with Crippen molar-refractivity contribution in [3.8, 4) is 28.3 Å². The molecule has 3 heterocycles. The van der Waals surface area contributed by atoms with Crippen LogP contribution in [-0.4, -0.2) is 22.6 Å². The van der Waals surface area contributed by atoms with E-state index in [0.717, 1.165) is 67.7 Å². The molecule has 0 bridgehead atoms. The molecule has 0 saturated heterocycles. The van der Waals surface area contributed by atoms with Crippen molar-refractivity contribution in [2.24, 2.45) is 5.41 Å². The third-order valence-electron chi connectivity index (χ3n) is 9.88. The van der Waals surface area contributed by atoms with Crippen LogP contribution in [0, 0.1) is 24.5 Å².